The smallest absolute Gasteiger partial charge is 0.349 e. The highest BCUT2D eigenvalue weighted by atomic mass is 79.9. The van der Waals surface area contributed by atoms with Gasteiger partial charge in [0.05, 0.1) is 29.2 Å². The van der Waals surface area contributed by atoms with Crippen molar-refractivity contribution < 1.29 is 37.1 Å². The average Bonchev–Trinajstić information content (AvgIpc) is 3.44. The van der Waals surface area contributed by atoms with Crippen molar-refractivity contribution in [1.82, 2.24) is 0 Å². The number of rotatable bonds is 2. The van der Waals surface area contributed by atoms with E-state index in [1.54, 1.807) is 36.4 Å². The Balaban J connectivity index is 1.56. The van der Waals surface area contributed by atoms with Gasteiger partial charge in [-0.25, -0.2) is 4.90 Å². The fourth-order valence-corrected chi connectivity index (χ4v) is 5.88. The molecule has 6 nitrogen and oxygen atoms in total. The van der Waals surface area contributed by atoms with E-state index in [9.17, 15) is 32.3 Å². The Morgan fingerprint density at radius 2 is 1.35 bits per heavy atom. The molecule has 10 heteroatoms. The fourth-order valence-electron chi connectivity index (χ4n) is 5.62. The molecule has 0 unspecified atom stereocenters. The Morgan fingerprint density at radius 3 is 1.95 bits per heavy atom. The third-order valence-corrected chi connectivity index (χ3v) is 7.70. The quantitative estimate of drug-likeness (QED) is 0.314. The first kappa shape index (κ1) is 23.7. The van der Waals surface area contributed by atoms with Gasteiger partial charge < -0.3 is 4.74 Å². The Kier molecular flexibility index (Phi) is 5.09. The van der Waals surface area contributed by atoms with Crippen molar-refractivity contribution in [3.63, 3.8) is 0 Å². The van der Waals surface area contributed by atoms with E-state index in [0.717, 1.165) is 18.2 Å². The number of benzene rings is 3. The number of carbonyl (C=O) groups is 4. The molecule has 2 fully saturated rings. The number of nitrogens with zero attached hydrogens (tertiary/aromatic N) is 1. The highest BCUT2D eigenvalue weighted by molar-refractivity contribution is 9.10. The summed E-state index contributed by atoms with van der Waals surface area (Å²) in [6.45, 7) is 0. The molecule has 3 aliphatic rings. The van der Waals surface area contributed by atoms with E-state index in [1.807, 2.05) is 0 Å². The molecule has 186 valence electrons. The number of ketones is 2. The highest BCUT2D eigenvalue weighted by Crippen LogP contribution is 2.58. The topological polar surface area (TPSA) is 80.8 Å². The summed E-state index contributed by atoms with van der Waals surface area (Å²) in [4.78, 5) is 55.5. The number of alkyl halides is 3. The van der Waals surface area contributed by atoms with Crippen molar-refractivity contribution in [2.24, 2.45) is 11.8 Å². The predicted octanol–water partition coefficient (Wildman–Crippen LogP) is 5.16. The van der Waals surface area contributed by atoms with Crippen LogP contribution in [0.1, 0.15) is 37.9 Å². The summed E-state index contributed by atoms with van der Waals surface area (Å²) < 4.78 is 48.3. The maximum Gasteiger partial charge on any atom is 0.418 e. The average molecular weight is 570 g/mol. The fraction of sp³-hybridized carbons (Fsp3) is 0.185. The summed E-state index contributed by atoms with van der Waals surface area (Å²) in [6, 6.07) is 16.7. The second-order valence-electron chi connectivity index (χ2n) is 9.06. The summed E-state index contributed by atoms with van der Waals surface area (Å²) in [5.74, 6) is -6.64. The molecule has 2 aliphatic heterocycles. The van der Waals surface area contributed by atoms with Gasteiger partial charge in [-0.15, -0.1) is 0 Å². The molecule has 1 spiro atoms. The zero-order valence-electron chi connectivity index (χ0n) is 18.7. The van der Waals surface area contributed by atoms with Crippen molar-refractivity contribution in [1.29, 1.82) is 0 Å². The minimum Gasteiger partial charge on any atom is -0.349 e. The maximum absolute atomic E-state index is 13.9. The van der Waals surface area contributed by atoms with Crippen LogP contribution < -0.4 is 4.90 Å². The lowest BCUT2D eigenvalue weighted by molar-refractivity contribution is -0.137. The number of hydrogen-bond donors (Lipinski definition) is 0. The van der Waals surface area contributed by atoms with Crippen LogP contribution in [0.4, 0.5) is 18.9 Å². The largest absolute Gasteiger partial charge is 0.418 e. The molecule has 2 amide bonds. The zero-order chi connectivity index (χ0) is 26.3. The van der Waals surface area contributed by atoms with Crippen LogP contribution in [0.15, 0.2) is 77.3 Å². The Morgan fingerprint density at radius 1 is 0.784 bits per heavy atom. The molecule has 0 saturated carbocycles. The van der Waals surface area contributed by atoms with E-state index < -0.39 is 64.3 Å². The minimum absolute atomic E-state index is 0.0390. The minimum atomic E-state index is -4.86. The van der Waals surface area contributed by atoms with Gasteiger partial charge in [-0.2, -0.15) is 13.2 Å². The van der Waals surface area contributed by atoms with E-state index in [-0.39, 0.29) is 11.1 Å². The molecular formula is C27H15BrF3NO5. The van der Waals surface area contributed by atoms with Gasteiger partial charge >= 0.3 is 6.18 Å². The standard InChI is InChI=1S/C27H15BrF3NO5/c28-14-11-9-13(10-12-14)21-19-20(26(37-21)22(33)15-5-1-2-6-16(15)23(26)34)25(36)32(24(19)35)18-8-4-3-7-17(18)27(29,30)31/h1-12,19-21H/t19-,20-,21-/m1/s1. The summed E-state index contributed by atoms with van der Waals surface area (Å²) in [6.07, 6.45) is -6.08. The molecule has 3 atom stereocenters. The lowest BCUT2D eigenvalue weighted by Crippen LogP contribution is -2.51. The van der Waals surface area contributed by atoms with Gasteiger partial charge in [0.1, 0.15) is 0 Å². The highest BCUT2D eigenvalue weighted by Gasteiger charge is 2.75. The normalized spacial score (nSPS) is 24.2. The predicted molar refractivity (Wildman–Crippen MR) is 127 cm³/mol. The van der Waals surface area contributed by atoms with E-state index in [2.05, 4.69) is 15.9 Å². The Labute approximate surface area is 216 Å². The van der Waals surface area contributed by atoms with Gasteiger partial charge in [0.25, 0.3) is 0 Å². The van der Waals surface area contributed by atoms with Crippen LogP contribution in [0.25, 0.3) is 0 Å². The lowest BCUT2D eigenvalue weighted by Gasteiger charge is -2.28. The molecule has 0 N–H and O–H groups in total. The second kappa shape index (κ2) is 7.93. The van der Waals surface area contributed by atoms with Crippen LogP contribution in [0.5, 0.6) is 0 Å². The maximum atomic E-state index is 13.9. The number of fused-ring (bicyclic) bond motifs is 3. The molecule has 3 aromatic rings. The molecule has 37 heavy (non-hydrogen) atoms. The number of ether oxygens (including phenoxy) is 1. The molecule has 1 aliphatic carbocycles. The molecule has 0 bridgehead atoms. The third-order valence-electron chi connectivity index (χ3n) is 7.17. The van der Waals surface area contributed by atoms with Crippen LogP contribution in [-0.2, 0) is 20.5 Å². The Hall–Kier alpha value is -3.63. The van der Waals surface area contributed by atoms with Crippen molar-refractivity contribution in [3.8, 4) is 0 Å². The summed E-state index contributed by atoms with van der Waals surface area (Å²) in [5.41, 5.74) is -3.72. The molecule has 6 rings (SSSR count). The zero-order valence-corrected chi connectivity index (χ0v) is 20.2. The summed E-state index contributed by atoms with van der Waals surface area (Å²) >= 11 is 3.31. The van der Waals surface area contributed by atoms with Gasteiger partial charge in [0.15, 0.2) is 0 Å². The number of halogens is 4. The van der Waals surface area contributed by atoms with Crippen LogP contribution in [0.3, 0.4) is 0 Å². The van der Waals surface area contributed by atoms with Gasteiger partial charge in [-0.05, 0) is 29.8 Å². The number of imide groups is 1. The van der Waals surface area contributed by atoms with Crippen LogP contribution in [0, 0.1) is 11.8 Å². The monoisotopic (exact) mass is 569 g/mol. The van der Waals surface area contributed by atoms with E-state index in [1.165, 1.54) is 18.2 Å². The number of carbonyl (C=O) groups excluding carboxylic acids is 4. The van der Waals surface area contributed by atoms with Gasteiger partial charge in [-0.1, -0.05) is 64.5 Å². The van der Waals surface area contributed by atoms with E-state index in [0.29, 0.717) is 14.9 Å². The summed E-state index contributed by atoms with van der Waals surface area (Å²) in [5, 5.41) is 0. The van der Waals surface area contributed by atoms with Gasteiger partial charge in [0, 0.05) is 15.6 Å². The second-order valence-corrected chi connectivity index (χ2v) is 9.98. The summed E-state index contributed by atoms with van der Waals surface area (Å²) in [7, 11) is 0. The first-order valence-electron chi connectivity index (χ1n) is 11.2. The van der Waals surface area contributed by atoms with Crippen molar-refractivity contribution in [3.05, 3.63) is 99.5 Å². The first-order valence-corrected chi connectivity index (χ1v) is 12.0. The Bertz CT molecular complexity index is 1480. The number of Topliss-reactive ketones (excluding diaryl/α,β-unsaturated/α-hetero) is 2. The van der Waals surface area contributed by atoms with Crippen molar-refractivity contribution in [2.45, 2.75) is 17.9 Å². The van der Waals surface area contributed by atoms with E-state index >= 15 is 0 Å². The third kappa shape index (κ3) is 3.15. The lowest BCUT2D eigenvalue weighted by atomic mass is 9.77. The molecular weight excluding hydrogens is 555 g/mol. The van der Waals surface area contributed by atoms with Crippen LogP contribution in [-0.4, -0.2) is 29.0 Å². The molecule has 2 heterocycles. The number of amides is 2. The van der Waals surface area contributed by atoms with Crippen molar-refractivity contribution >= 4 is 45.0 Å². The van der Waals surface area contributed by atoms with Gasteiger partial charge in [-0.3, -0.25) is 19.2 Å². The SMILES string of the molecule is O=C1[C@H]2[C@@H](c3ccc(Br)cc3)OC3(C(=O)c4ccccc4C3=O)[C@H]2C(=O)N1c1ccccc1C(F)(F)F. The van der Waals surface area contributed by atoms with Crippen molar-refractivity contribution in [2.75, 3.05) is 4.90 Å². The van der Waals surface area contributed by atoms with Crippen LogP contribution >= 0.6 is 15.9 Å². The number of anilines is 1. The van der Waals surface area contributed by atoms with Crippen LogP contribution in [0.2, 0.25) is 0 Å². The number of para-hydroxylation sites is 1. The molecule has 0 radical (unpaired) electrons. The molecule has 3 aromatic carbocycles. The molecule has 2 saturated heterocycles. The number of hydrogen-bond acceptors (Lipinski definition) is 5. The van der Waals surface area contributed by atoms with E-state index in [4.69, 9.17) is 4.74 Å². The molecule has 0 aromatic heterocycles. The first-order chi connectivity index (χ1) is 17.6. The van der Waals surface area contributed by atoms with Gasteiger partial charge in [0.2, 0.25) is 29.0 Å².